The summed E-state index contributed by atoms with van der Waals surface area (Å²) in [6.45, 7) is 0. The predicted octanol–water partition coefficient (Wildman–Crippen LogP) is 3.26. The fourth-order valence-corrected chi connectivity index (χ4v) is 1.96. The van der Waals surface area contributed by atoms with Crippen LogP contribution in [0.25, 0.3) is 22.8 Å². The molecule has 0 unspecified atom stereocenters. The third-order valence-electron chi connectivity index (χ3n) is 2.86. The van der Waals surface area contributed by atoms with Gasteiger partial charge in [0.1, 0.15) is 0 Å². The van der Waals surface area contributed by atoms with Crippen LogP contribution >= 0.6 is 0 Å². The summed E-state index contributed by atoms with van der Waals surface area (Å²) >= 11 is 0. The molecule has 1 aromatic heterocycles. The molecular formula is C16H15N3O2. The predicted molar refractivity (Wildman–Crippen MR) is 79.5 cm³/mol. The van der Waals surface area contributed by atoms with Crippen LogP contribution in [0.15, 0.2) is 59.1 Å². The molecule has 0 atom stereocenters. The minimum atomic E-state index is 0.436. The van der Waals surface area contributed by atoms with Gasteiger partial charge in [0.25, 0.3) is 5.89 Å². The van der Waals surface area contributed by atoms with E-state index >= 15 is 0 Å². The van der Waals surface area contributed by atoms with Gasteiger partial charge in [-0.15, -0.1) is 0 Å². The number of para-hydroxylation sites is 1. The average molecular weight is 281 g/mol. The van der Waals surface area contributed by atoms with Crippen molar-refractivity contribution >= 4 is 0 Å². The number of hydroxylamine groups is 2. The average Bonchev–Trinajstić information content (AvgIpc) is 2.98. The van der Waals surface area contributed by atoms with E-state index in [-0.39, 0.29) is 0 Å². The summed E-state index contributed by atoms with van der Waals surface area (Å²) in [5.74, 6) is 1.67. The normalized spacial score (nSPS) is 10.8. The number of hydrogen-bond acceptors (Lipinski definition) is 5. The highest BCUT2D eigenvalue weighted by Gasteiger charge is 2.15. The van der Waals surface area contributed by atoms with Crippen LogP contribution < -0.4 is 4.84 Å². The molecule has 21 heavy (non-hydrogen) atoms. The maximum Gasteiger partial charge on any atom is 0.262 e. The van der Waals surface area contributed by atoms with Crippen molar-refractivity contribution < 1.29 is 9.36 Å². The molecule has 0 saturated carbocycles. The zero-order chi connectivity index (χ0) is 14.7. The van der Waals surface area contributed by atoms with Crippen molar-refractivity contribution in [2.24, 2.45) is 0 Å². The number of aromatic nitrogens is 2. The van der Waals surface area contributed by atoms with E-state index in [4.69, 9.17) is 9.36 Å². The first-order valence-electron chi connectivity index (χ1n) is 6.58. The maximum atomic E-state index is 5.62. The maximum absolute atomic E-state index is 5.62. The Bertz CT molecular complexity index is 723. The number of benzene rings is 2. The molecule has 0 amide bonds. The van der Waals surface area contributed by atoms with Gasteiger partial charge in [-0.25, -0.2) is 0 Å². The second kappa shape index (κ2) is 5.76. The van der Waals surface area contributed by atoms with Gasteiger partial charge in [-0.05, 0) is 12.1 Å². The number of hydrogen-bond donors (Lipinski definition) is 0. The molecule has 0 bridgehead atoms. The van der Waals surface area contributed by atoms with Crippen molar-refractivity contribution in [3.8, 4) is 28.6 Å². The molecule has 0 aliphatic carbocycles. The van der Waals surface area contributed by atoms with E-state index in [0.717, 1.165) is 11.1 Å². The van der Waals surface area contributed by atoms with Crippen LogP contribution in [0.4, 0.5) is 0 Å². The van der Waals surface area contributed by atoms with E-state index < -0.39 is 0 Å². The minimum Gasteiger partial charge on any atom is -0.406 e. The Morgan fingerprint density at radius 2 is 1.67 bits per heavy atom. The first-order valence-corrected chi connectivity index (χ1v) is 6.58. The minimum absolute atomic E-state index is 0.436. The first-order chi connectivity index (χ1) is 10.2. The third kappa shape index (κ3) is 2.93. The molecule has 0 radical (unpaired) electrons. The lowest BCUT2D eigenvalue weighted by molar-refractivity contribution is -0.00276. The van der Waals surface area contributed by atoms with Gasteiger partial charge in [0.2, 0.25) is 5.82 Å². The van der Waals surface area contributed by atoms with E-state index in [0.29, 0.717) is 17.5 Å². The smallest absolute Gasteiger partial charge is 0.262 e. The van der Waals surface area contributed by atoms with E-state index in [2.05, 4.69) is 10.1 Å². The first kappa shape index (κ1) is 13.3. The van der Waals surface area contributed by atoms with Gasteiger partial charge >= 0.3 is 0 Å². The SMILES string of the molecule is CN(C)Oc1ccccc1-c1nc(-c2ccccc2)no1. The summed E-state index contributed by atoms with van der Waals surface area (Å²) in [5.41, 5.74) is 1.68. The van der Waals surface area contributed by atoms with Gasteiger partial charge < -0.3 is 9.36 Å². The largest absolute Gasteiger partial charge is 0.406 e. The highest BCUT2D eigenvalue weighted by atomic mass is 16.7. The molecule has 0 spiro atoms. The Morgan fingerprint density at radius 1 is 0.952 bits per heavy atom. The molecule has 3 aromatic rings. The topological polar surface area (TPSA) is 51.4 Å². The lowest BCUT2D eigenvalue weighted by Gasteiger charge is -2.13. The van der Waals surface area contributed by atoms with Crippen molar-refractivity contribution in [1.29, 1.82) is 0 Å². The molecule has 0 fully saturated rings. The Balaban J connectivity index is 1.97. The van der Waals surface area contributed by atoms with Gasteiger partial charge in [-0.3, -0.25) is 0 Å². The zero-order valence-corrected chi connectivity index (χ0v) is 11.9. The second-order valence-electron chi connectivity index (χ2n) is 4.69. The van der Waals surface area contributed by atoms with Crippen LogP contribution in [-0.4, -0.2) is 29.3 Å². The number of rotatable bonds is 4. The Labute approximate surface area is 122 Å². The standard InChI is InChI=1S/C16H15N3O2/c1-19(2)21-14-11-7-6-10-13(14)16-17-15(18-20-16)12-8-4-3-5-9-12/h3-11H,1-2H3. The lowest BCUT2D eigenvalue weighted by Crippen LogP contribution is -2.16. The van der Waals surface area contributed by atoms with Crippen LogP contribution in [-0.2, 0) is 0 Å². The zero-order valence-electron chi connectivity index (χ0n) is 11.9. The highest BCUT2D eigenvalue weighted by Crippen LogP contribution is 2.30. The number of nitrogens with zero attached hydrogens (tertiary/aromatic N) is 3. The molecule has 0 saturated heterocycles. The van der Waals surface area contributed by atoms with Gasteiger partial charge in [0, 0.05) is 19.7 Å². The van der Waals surface area contributed by atoms with E-state index in [9.17, 15) is 0 Å². The highest BCUT2D eigenvalue weighted by molar-refractivity contribution is 5.65. The fourth-order valence-electron chi connectivity index (χ4n) is 1.96. The fraction of sp³-hybridized carbons (Fsp3) is 0.125. The van der Waals surface area contributed by atoms with Crippen LogP contribution in [0.2, 0.25) is 0 Å². The summed E-state index contributed by atoms with van der Waals surface area (Å²) < 4.78 is 5.37. The quantitative estimate of drug-likeness (QED) is 0.687. The third-order valence-corrected chi connectivity index (χ3v) is 2.86. The van der Waals surface area contributed by atoms with Crippen molar-refractivity contribution in [1.82, 2.24) is 15.2 Å². The molecule has 106 valence electrons. The van der Waals surface area contributed by atoms with E-state index in [1.165, 1.54) is 0 Å². The van der Waals surface area contributed by atoms with Crippen LogP contribution in [0.1, 0.15) is 0 Å². The second-order valence-corrected chi connectivity index (χ2v) is 4.69. The van der Waals surface area contributed by atoms with Crippen LogP contribution in [0, 0.1) is 0 Å². The van der Waals surface area contributed by atoms with Crippen LogP contribution in [0.3, 0.4) is 0 Å². The Morgan fingerprint density at radius 3 is 2.43 bits per heavy atom. The molecule has 1 heterocycles. The summed E-state index contributed by atoms with van der Waals surface area (Å²) in [4.78, 5) is 10.1. The molecule has 5 nitrogen and oxygen atoms in total. The van der Waals surface area contributed by atoms with Crippen molar-refractivity contribution in [3.63, 3.8) is 0 Å². The van der Waals surface area contributed by atoms with Crippen molar-refractivity contribution in [2.75, 3.05) is 14.1 Å². The summed E-state index contributed by atoms with van der Waals surface area (Å²) in [6.07, 6.45) is 0. The van der Waals surface area contributed by atoms with Crippen molar-refractivity contribution in [2.45, 2.75) is 0 Å². The molecule has 0 aliphatic rings. The van der Waals surface area contributed by atoms with E-state index in [1.54, 1.807) is 5.06 Å². The van der Waals surface area contributed by atoms with Gasteiger partial charge in [0.15, 0.2) is 5.75 Å². The molecule has 3 rings (SSSR count). The Hall–Kier alpha value is -2.66. The molecule has 2 aromatic carbocycles. The van der Waals surface area contributed by atoms with Gasteiger partial charge in [-0.1, -0.05) is 47.6 Å². The monoisotopic (exact) mass is 281 g/mol. The van der Waals surface area contributed by atoms with E-state index in [1.807, 2.05) is 68.7 Å². The Kier molecular flexibility index (Phi) is 3.66. The summed E-state index contributed by atoms with van der Waals surface area (Å²) in [5, 5.41) is 5.65. The van der Waals surface area contributed by atoms with Crippen LogP contribution in [0.5, 0.6) is 5.75 Å². The lowest BCUT2D eigenvalue weighted by atomic mass is 10.2. The van der Waals surface area contributed by atoms with Gasteiger partial charge in [-0.2, -0.15) is 10.0 Å². The molecule has 5 heteroatoms. The molecular weight excluding hydrogens is 266 g/mol. The molecule has 0 N–H and O–H groups in total. The van der Waals surface area contributed by atoms with Crippen molar-refractivity contribution in [3.05, 3.63) is 54.6 Å². The summed E-state index contributed by atoms with van der Waals surface area (Å²) in [7, 11) is 3.64. The summed E-state index contributed by atoms with van der Waals surface area (Å²) in [6, 6.07) is 17.3. The van der Waals surface area contributed by atoms with Gasteiger partial charge in [0.05, 0.1) is 5.56 Å². The molecule has 0 aliphatic heterocycles.